The van der Waals surface area contributed by atoms with E-state index in [9.17, 15) is 0 Å². The van der Waals surface area contributed by atoms with E-state index in [1.54, 1.807) is 0 Å². The summed E-state index contributed by atoms with van der Waals surface area (Å²) in [6.45, 7) is 6.73. The molecule has 1 unspecified atom stereocenters. The van der Waals surface area contributed by atoms with E-state index in [4.69, 9.17) is 11.6 Å². The Bertz CT molecular complexity index is 305. The van der Waals surface area contributed by atoms with E-state index in [1.165, 1.54) is 5.56 Å². The molecule has 0 aliphatic heterocycles. The van der Waals surface area contributed by atoms with E-state index < -0.39 is 0 Å². The lowest BCUT2D eigenvalue weighted by Crippen LogP contribution is -2.28. The van der Waals surface area contributed by atoms with Crippen molar-refractivity contribution in [2.75, 3.05) is 5.88 Å². The topological polar surface area (TPSA) is 0 Å². The van der Waals surface area contributed by atoms with Crippen molar-refractivity contribution in [3.05, 3.63) is 34.3 Å². The second kappa shape index (κ2) is 5.36. The smallest absolute Gasteiger partial charge is 0.0282 e. The summed E-state index contributed by atoms with van der Waals surface area (Å²) in [7, 11) is 0. The molecule has 1 aromatic rings. The molecule has 0 saturated carbocycles. The van der Waals surface area contributed by atoms with Crippen LogP contribution in [0, 0.1) is 11.3 Å². The summed E-state index contributed by atoms with van der Waals surface area (Å²) in [4.78, 5) is 0. The fourth-order valence-corrected chi connectivity index (χ4v) is 2.14. The van der Waals surface area contributed by atoms with Gasteiger partial charge in [-0.3, -0.25) is 0 Å². The molecule has 0 fully saturated rings. The Balaban J connectivity index is 2.79. The van der Waals surface area contributed by atoms with Crippen molar-refractivity contribution in [1.29, 1.82) is 0 Å². The van der Waals surface area contributed by atoms with E-state index >= 15 is 0 Å². The highest BCUT2D eigenvalue weighted by Crippen LogP contribution is 2.32. The van der Waals surface area contributed by atoms with Gasteiger partial charge in [0.1, 0.15) is 0 Å². The Morgan fingerprint density at radius 2 is 1.80 bits per heavy atom. The van der Waals surface area contributed by atoms with Crippen LogP contribution in [0.5, 0.6) is 0 Å². The minimum atomic E-state index is 0.190. The minimum Gasteiger partial charge on any atom is -0.126 e. The van der Waals surface area contributed by atoms with Gasteiger partial charge in [0.15, 0.2) is 0 Å². The van der Waals surface area contributed by atoms with Gasteiger partial charge >= 0.3 is 0 Å². The molecule has 0 saturated heterocycles. The van der Waals surface area contributed by atoms with Crippen LogP contribution in [0.1, 0.15) is 26.3 Å². The fraction of sp³-hybridized carbons (Fsp3) is 0.538. The fourth-order valence-electron chi connectivity index (χ4n) is 1.47. The SMILES string of the molecule is CC(C)C(C)(CCl)Cc1ccc(Br)cc1. The van der Waals surface area contributed by atoms with Crippen molar-refractivity contribution < 1.29 is 0 Å². The Hall–Kier alpha value is -0.0100. The molecule has 84 valence electrons. The average Bonchev–Trinajstić information content (AvgIpc) is 2.21. The first kappa shape index (κ1) is 13.1. The Labute approximate surface area is 106 Å². The van der Waals surface area contributed by atoms with Crippen LogP contribution >= 0.6 is 27.5 Å². The molecule has 0 N–H and O–H groups in total. The van der Waals surface area contributed by atoms with E-state index in [1.807, 2.05) is 0 Å². The molecule has 15 heavy (non-hydrogen) atoms. The van der Waals surface area contributed by atoms with E-state index in [2.05, 4.69) is 61.0 Å². The first-order valence-electron chi connectivity index (χ1n) is 5.28. The summed E-state index contributed by atoms with van der Waals surface area (Å²) in [5.74, 6) is 1.31. The van der Waals surface area contributed by atoms with Crippen LogP contribution in [-0.2, 0) is 6.42 Å². The summed E-state index contributed by atoms with van der Waals surface area (Å²) in [5.41, 5.74) is 1.55. The first-order chi connectivity index (χ1) is 6.98. The predicted octanol–water partition coefficient (Wildman–Crippen LogP) is 4.89. The van der Waals surface area contributed by atoms with Crippen molar-refractivity contribution in [1.82, 2.24) is 0 Å². The van der Waals surface area contributed by atoms with Gasteiger partial charge in [-0.1, -0.05) is 48.8 Å². The second-order valence-corrected chi connectivity index (χ2v) is 5.93. The number of benzene rings is 1. The van der Waals surface area contributed by atoms with Gasteiger partial charge in [-0.05, 0) is 35.4 Å². The molecule has 1 atom stereocenters. The predicted molar refractivity (Wildman–Crippen MR) is 71.5 cm³/mol. The van der Waals surface area contributed by atoms with Crippen molar-refractivity contribution in [2.24, 2.45) is 11.3 Å². The van der Waals surface area contributed by atoms with Gasteiger partial charge in [-0.15, -0.1) is 11.6 Å². The Morgan fingerprint density at radius 1 is 1.27 bits per heavy atom. The van der Waals surface area contributed by atoms with E-state index in [-0.39, 0.29) is 5.41 Å². The van der Waals surface area contributed by atoms with Crippen LogP contribution in [0.15, 0.2) is 28.7 Å². The van der Waals surface area contributed by atoms with Crippen LogP contribution < -0.4 is 0 Å². The number of rotatable bonds is 4. The third kappa shape index (κ3) is 3.49. The van der Waals surface area contributed by atoms with Crippen molar-refractivity contribution in [3.63, 3.8) is 0 Å². The van der Waals surface area contributed by atoms with Gasteiger partial charge in [0.25, 0.3) is 0 Å². The zero-order valence-corrected chi connectivity index (χ0v) is 11.9. The van der Waals surface area contributed by atoms with Crippen LogP contribution in [0.4, 0.5) is 0 Å². The third-order valence-electron chi connectivity index (χ3n) is 3.22. The van der Waals surface area contributed by atoms with E-state index in [0.717, 1.165) is 10.9 Å². The van der Waals surface area contributed by atoms with E-state index in [0.29, 0.717) is 11.8 Å². The van der Waals surface area contributed by atoms with Crippen LogP contribution in [0.3, 0.4) is 0 Å². The van der Waals surface area contributed by atoms with Crippen molar-refractivity contribution in [2.45, 2.75) is 27.2 Å². The molecule has 0 nitrogen and oxygen atoms in total. The maximum Gasteiger partial charge on any atom is 0.0282 e. The molecule has 1 aromatic carbocycles. The lowest BCUT2D eigenvalue weighted by Gasteiger charge is -2.31. The van der Waals surface area contributed by atoms with Crippen LogP contribution in [0.25, 0.3) is 0 Å². The molecule has 0 spiro atoms. The maximum atomic E-state index is 6.08. The standard InChI is InChI=1S/C13H18BrCl/c1-10(2)13(3,9-15)8-11-4-6-12(14)7-5-11/h4-7,10H,8-9H2,1-3H3. The van der Waals surface area contributed by atoms with Crippen molar-refractivity contribution >= 4 is 27.5 Å². The molecular formula is C13H18BrCl. The molecule has 2 heteroatoms. The summed E-state index contributed by atoms with van der Waals surface area (Å²) >= 11 is 9.52. The van der Waals surface area contributed by atoms with Gasteiger partial charge in [0.2, 0.25) is 0 Å². The molecule has 0 heterocycles. The molecule has 0 bridgehead atoms. The van der Waals surface area contributed by atoms with Gasteiger partial charge in [-0.2, -0.15) is 0 Å². The highest BCUT2D eigenvalue weighted by Gasteiger charge is 2.27. The van der Waals surface area contributed by atoms with Gasteiger partial charge < -0.3 is 0 Å². The number of halogens is 2. The summed E-state index contributed by atoms with van der Waals surface area (Å²) in [6.07, 6.45) is 1.04. The lowest BCUT2D eigenvalue weighted by molar-refractivity contribution is 0.253. The molecule has 1 rings (SSSR count). The molecule has 0 aromatic heterocycles. The van der Waals surface area contributed by atoms with Gasteiger partial charge in [-0.25, -0.2) is 0 Å². The van der Waals surface area contributed by atoms with Gasteiger partial charge in [0, 0.05) is 10.4 Å². The van der Waals surface area contributed by atoms with Gasteiger partial charge in [0.05, 0.1) is 0 Å². The van der Waals surface area contributed by atoms with Crippen molar-refractivity contribution in [3.8, 4) is 0 Å². The Morgan fingerprint density at radius 3 is 2.20 bits per heavy atom. The number of hydrogen-bond donors (Lipinski definition) is 0. The first-order valence-corrected chi connectivity index (χ1v) is 6.61. The lowest BCUT2D eigenvalue weighted by atomic mass is 9.76. The maximum absolute atomic E-state index is 6.08. The molecule has 0 radical (unpaired) electrons. The normalized spacial score (nSPS) is 15.3. The monoisotopic (exact) mass is 288 g/mol. The molecule has 0 aliphatic rings. The Kier molecular flexibility index (Phi) is 4.66. The molecular weight excluding hydrogens is 272 g/mol. The largest absolute Gasteiger partial charge is 0.126 e. The number of alkyl halides is 1. The zero-order chi connectivity index (χ0) is 11.5. The summed E-state index contributed by atoms with van der Waals surface area (Å²) in [5, 5.41) is 0. The van der Waals surface area contributed by atoms with Crippen LogP contribution in [0.2, 0.25) is 0 Å². The molecule has 0 amide bonds. The quantitative estimate of drug-likeness (QED) is 0.692. The highest BCUT2D eigenvalue weighted by atomic mass is 79.9. The zero-order valence-electron chi connectivity index (χ0n) is 9.56. The van der Waals surface area contributed by atoms with Crippen LogP contribution in [-0.4, -0.2) is 5.88 Å². The summed E-state index contributed by atoms with van der Waals surface area (Å²) < 4.78 is 1.13. The third-order valence-corrected chi connectivity index (χ3v) is 4.36. The average molecular weight is 290 g/mol. The minimum absolute atomic E-state index is 0.190. The highest BCUT2D eigenvalue weighted by molar-refractivity contribution is 9.10. The number of hydrogen-bond acceptors (Lipinski definition) is 0. The molecule has 0 aliphatic carbocycles. The second-order valence-electron chi connectivity index (χ2n) is 4.75. The summed E-state index contributed by atoms with van der Waals surface area (Å²) in [6, 6.07) is 8.50.